The first kappa shape index (κ1) is 20.2. The van der Waals surface area contributed by atoms with Crippen molar-refractivity contribution >= 4 is 5.91 Å². The highest BCUT2D eigenvalue weighted by atomic mass is 19.4. The number of primary amides is 1. The highest BCUT2D eigenvalue weighted by Crippen LogP contribution is 2.39. The Hall–Kier alpha value is -3.56. The smallest absolute Gasteiger partial charge is 0.364 e. The van der Waals surface area contributed by atoms with Gasteiger partial charge in [0.2, 0.25) is 0 Å². The normalized spacial score (nSPS) is 11.5. The van der Waals surface area contributed by atoms with Crippen molar-refractivity contribution in [2.75, 3.05) is 0 Å². The predicted octanol–water partition coefficient (Wildman–Crippen LogP) is 3.51. The molecule has 0 aliphatic rings. The van der Waals surface area contributed by atoms with Gasteiger partial charge in [-0.1, -0.05) is 12.1 Å². The molecule has 2 N–H and O–H groups in total. The van der Waals surface area contributed by atoms with Gasteiger partial charge < -0.3 is 10.3 Å². The van der Waals surface area contributed by atoms with Gasteiger partial charge in [0.1, 0.15) is 23.0 Å². The number of nitrogens with zero attached hydrogens (tertiary/aromatic N) is 2. The Bertz CT molecular complexity index is 1190. The SMILES string of the molecule is Cn1cc(C(N)=O)nc(-c2cc(F)cc(-c3cccc(F)c3C(F)(F)F)c2)c1=O. The summed E-state index contributed by atoms with van der Waals surface area (Å²) in [7, 11) is 1.30. The molecule has 29 heavy (non-hydrogen) atoms. The lowest BCUT2D eigenvalue weighted by atomic mass is 9.96. The van der Waals surface area contributed by atoms with Crippen LogP contribution in [0.4, 0.5) is 22.0 Å². The van der Waals surface area contributed by atoms with Gasteiger partial charge in [-0.2, -0.15) is 13.2 Å². The van der Waals surface area contributed by atoms with Crippen molar-refractivity contribution in [1.82, 2.24) is 9.55 Å². The molecule has 0 saturated heterocycles. The molecule has 1 aromatic heterocycles. The maximum Gasteiger partial charge on any atom is 0.419 e. The van der Waals surface area contributed by atoms with E-state index in [2.05, 4.69) is 4.98 Å². The number of nitrogens with two attached hydrogens (primary N) is 1. The van der Waals surface area contributed by atoms with Crippen molar-refractivity contribution < 1.29 is 26.7 Å². The van der Waals surface area contributed by atoms with Crippen LogP contribution in [-0.4, -0.2) is 15.5 Å². The lowest BCUT2D eigenvalue weighted by Crippen LogP contribution is -2.25. The first-order valence-corrected chi connectivity index (χ1v) is 8.03. The van der Waals surface area contributed by atoms with E-state index in [4.69, 9.17) is 5.73 Å². The molecular weight excluding hydrogens is 397 g/mol. The molecule has 3 aromatic rings. The van der Waals surface area contributed by atoms with Gasteiger partial charge in [-0.25, -0.2) is 13.8 Å². The number of aryl methyl sites for hydroxylation is 1. The Kier molecular flexibility index (Phi) is 4.95. The summed E-state index contributed by atoms with van der Waals surface area (Å²) in [5, 5.41) is 0. The van der Waals surface area contributed by atoms with E-state index in [0.717, 1.165) is 41.1 Å². The van der Waals surface area contributed by atoms with Crippen LogP contribution in [0, 0.1) is 11.6 Å². The topological polar surface area (TPSA) is 78.0 Å². The third kappa shape index (κ3) is 3.86. The van der Waals surface area contributed by atoms with Crippen LogP contribution in [0.5, 0.6) is 0 Å². The van der Waals surface area contributed by atoms with Crippen LogP contribution < -0.4 is 11.3 Å². The molecule has 0 radical (unpaired) electrons. The summed E-state index contributed by atoms with van der Waals surface area (Å²) in [5.41, 5.74) is 1.04. The molecule has 150 valence electrons. The van der Waals surface area contributed by atoms with Gasteiger partial charge in [0, 0.05) is 18.8 Å². The number of halogens is 5. The number of carbonyl (C=O) groups excluding carboxylic acids is 1. The van der Waals surface area contributed by atoms with Crippen molar-refractivity contribution in [2.24, 2.45) is 12.8 Å². The minimum absolute atomic E-state index is 0.193. The summed E-state index contributed by atoms with van der Waals surface area (Å²) in [6.45, 7) is 0. The first-order valence-electron chi connectivity index (χ1n) is 8.03. The van der Waals surface area contributed by atoms with Crippen LogP contribution in [0.1, 0.15) is 16.1 Å². The number of aromatic nitrogens is 2. The van der Waals surface area contributed by atoms with Crippen molar-refractivity contribution in [3.63, 3.8) is 0 Å². The third-order valence-corrected chi connectivity index (χ3v) is 4.10. The number of hydrogen-bond acceptors (Lipinski definition) is 3. The van der Waals surface area contributed by atoms with Gasteiger partial charge in [0.25, 0.3) is 11.5 Å². The summed E-state index contributed by atoms with van der Waals surface area (Å²) in [5.74, 6) is -3.46. The predicted molar refractivity (Wildman–Crippen MR) is 93.8 cm³/mol. The van der Waals surface area contributed by atoms with Gasteiger partial charge in [-0.15, -0.1) is 0 Å². The van der Waals surface area contributed by atoms with Crippen LogP contribution in [0.3, 0.4) is 0 Å². The number of alkyl halides is 3. The molecule has 0 bridgehead atoms. The first-order chi connectivity index (χ1) is 13.5. The van der Waals surface area contributed by atoms with E-state index in [1.54, 1.807) is 0 Å². The Morgan fingerprint density at radius 1 is 1.10 bits per heavy atom. The molecule has 1 amide bonds. The van der Waals surface area contributed by atoms with Gasteiger partial charge >= 0.3 is 6.18 Å². The van der Waals surface area contributed by atoms with Crippen LogP contribution in [0.2, 0.25) is 0 Å². The van der Waals surface area contributed by atoms with Crippen molar-refractivity contribution in [1.29, 1.82) is 0 Å². The van der Waals surface area contributed by atoms with Gasteiger partial charge in [-0.05, 0) is 35.4 Å². The fourth-order valence-electron chi connectivity index (χ4n) is 2.85. The fourth-order valence-corrected chi connectivity index (χ4v) is 2.85. The molecule has 2 aromatic carbocycles. The zero-order valence-corrected chi connectivity index (χ0v) is 14.7. The monoisotopic (exact) mass is 409 g/mol. The molecule has 0 aliphatic carbocycles. The largest absolute Gasteiger partial charge is 0.419 e. The highest BCUT2D eigenvalue weighted by molar-refractivity contribution is 5.91. The maximum absolute atomic E-state index is 14.2. The molecular formula is C19H12F5N3O2. The van der Waals surface area contributed by atoms with E-state index < -0.39 is 46.1 Å². The molecule has 0 saturated carbocycles. The van der Waals surface area contributed by atoms with E-state index in [-0.39, 0.29) is 16.8 Å². The van der Waals surface area contributed by atoms with E-state index in [9.17, 15) is 31.5 Å². The molecule has 0 spiro atoms. The Balaban J connectivity index is 2.30. The third-order valence-electron chi connectivity index (χ3n) is 4.10. The van der Waals surface area contributed by atoms with E-state index in [0.29, 0.717) is 6.07 Å². The van der Waals surface area contributed by atoms with Crippen LogP contribution in [-0.2, 0) is 13.2 Å². The van der Waals surface area contributed by atoms with Crippen LogP contribution in [0.15, 0.2) is 47.4 Å². The summed E-state index contributed by atoms with van der Waals surface area (Å²) in [4.78, 5) is 27.6. The number of amides is 1. The Labute approximate surface area is 160 Å². The number of rotatable bonds is 3. The molecule has 1 heterocycles. The van der Waals surface area contributed by atoms with E-state index in [1.807, 2.05) is 0 Å². The second-order valence-corrected chi connectivity index (χ2v) is 6.14. The average Bonchev–Trinajstić information content (AvgIpc) is 2.61. The minimum Gasteiger partial charge on any atom is -0.364 e. The average molecular weight is 409 g/mol. The second-order valence-electron chi connectivity index (χ2n) is 6.14. The number of carbonyl (C=O) groups is 1. The van der Waals surface area contributed by atoms with Crippen molar-refractivity contribution in [3.05, 3.63) is 75.8 Å². The van der Waals surface area contributed by atoms with Crippen molar-refractivity contribution in [2.45, 2.75) is 6.18 Å². The molecule has 0 fully saturated rings. The van der Waals surface area contributed by atoms with Crippen LogP contribution >= 0.6 is 0 Å². The molecule has 10 heteroatoms. The quantitative estimate of drug-likeness (QED) is 0.673. The van der Waals surface area contributed by atoms with Crippen LogP contribution in [0.25, 0.3) is 22.4 Å². The lowest BCUT2D eigenvalue weighted by molar-refractivity contribution is -0.139. The summed E-state index contributed by atoms with van der Waals surface area (Å²) >= 11 is 0. The van der Waals surface area contributed by atoms with Gasteiger partial charge in [0.05, 0.1) is 5.56 Å². The van der Waals surface area contributed by atoms with Gasteiger partial charge in [0.15, 0.2) is 0 Å². The Morgan fingerprint density at radius 2 is 1.76 bits per heavy atom. The molecule has 0 unspecified atom stereocenters. The minimum atomic E-state index is -5.03. The molecule has 5 nitrogen and oxygen atoms in total. The number of benzene rings is 2. The zero-order valence-electron chi connectivity index (χ0n) is 14.7. The maximum atomic E-state index is 14.2. The number of hydrogen-bond donors (Lipinski definition) is 1. The zero-order chi connectivity index (χ0) is 21.5. The fraction of sp³-hybridized carbons (Fsp3) is 0.105. The lowest BCUT2D eigenvalue weighted by Gasteiger charge is -2.15. The molecule has 3 rings (SSSR count). The second kappa shape index (κ2) is 7.12. The molecule has 0 atom stereocenters. The summed E-state index contributed by atoms with van der Waals surface area (Å²) in [6.07, 6.45) is -3.96. The summed E-state index contributed by atoms with van der Waals surface area (Å²) in [6, 6.07) is 5.37. The van der Waals surface area contributed by atoms with E-state index >= 15 is 0 Å². The van der Waals surface area contributed by atoms with Crippen molar-refractivity contribution in [3.8, 4) is 22.4 Å². The highest BCUT2D eigenvalue weighted by Gasteiger charge is 2.37. The van der Waals surface area contributed by atoms with E-state index in [1.165, 1.54) is 7.05 Å². The van der Waals surface area contributed by atoms with Gasteiger partial charge in [-0.3, -0.25) is 9.59 Å². The molecule has 0 aliphatic heterocycles. The summed E-state index contributed by atoms with van der Waals surface area (Å²) < 4.78 is 69.1. The Morgan fingerprint density at radius 3 is 2.38 bits per heavy atom. The standard InChI is InChI=1S/C19H12F5N3O2/c1-27-8-14(17(25)28)26-16(18(27)29)10-5-9(6-11(20)7-10)12-3-2-4-13(21)15(12)19(22,23)24/h2-8H,1H3,(H2,25,28).